The normalized spacial score (nSPS) is 11.4. The average molecular weight is 292 g/mol. The van der Waals surface area contributed by atoms with Crippen molar-refractivity contribution in [3.8, 4) is 0 Å². The van der Waals surface area contributed by atoms with Crippen molar-refractivity contribution < 1.29 is 0 Å². The van der Waals surface area contributed by atoms with Crippen molar-refractivity contribution in [1.29, 1.82) is 0 Å². The number of aryl methyl sites for hydroxylation is 4. The number of aromatic nitrogens is 4. The first-order valence-corrected chi connectivity index (χ1v) is 7.43. The number of hydrogen-bond acceptors (Lipinski definition) is 2. The average Bonchev–Trinajstić information content (AvgIpc) is 3.12. The molecule has 0 saturated heterocycles. The lowest BCUT2D eigenvalue weighted by atomic mass is 10.1. The quantitative estimate of drug-likeness (QED) is 0.724. The zero-order valence-electron chi connectivity index (χ0n) is 13.0. The summed E-state index contributed by atoms with van der Waals surface area (Å²) in [5, 5.41) is 0. The zero-order valence-corrected chi connectivity index (χ0v) is 13.0. The SMILES string of the molecule is Cn1cccc1C=Cc1cc(CCc2cccn2C)ncn1. The molecule has 0 bridgehead atoms. The molecule has 0 aromatic carbocycles. The molecule has 3 heterocycles. The van der Waals surface area contributed by atoms with Gasteiger partial charge in [0.2, 0.25) is 0 Å². The van der Waals surface area contributed by atoms with Crippen LogP contribution in [0.3, 0.4) is 0 Å². The first-order valence-electron chi connectivity index (χ1n) is 7.43. The maximum Gasteiger partial charge on any atom is 0.116 e. The topological polar surface area (TPSA) is 35.6 Å². The van der Waals surface area contributed by atoms with E-state index in [1.807, 2.05) is 25.4 Å². The Morgan fingerprint density at radius 3 is 2.50 bits per heavy atom. The van der Waals surface area contributed by atoms with Crippen molar-refractivity contribution in [2.24, 2.45) is 14.1 Å². The van der Waals surface area contributed by atoms with Gasteiger partial charge < -0.3 is 9.13 Å². The third-order valence-electron chi connectivity index (χ3n) is 3.84. The van der Waals surface area contributed by atoms with Crippen molar-refractivity contribution in [2.75, 3.05) is 0 Å². The van der Waals surface area contributed by atoms with E-state index < -0.39 is 0 Å². The van der Waals surface area contributed by atoms with Crippen LogP contribution in [0.5, 0.6) is 0 Å². The molecule has 0 aliphatic carbocycles. The lowest BCUT2D eigenvalue weighted by Crippen LogP contribution is -2.00. The lowest BCUT2D eigenvalue weighted by Gasteiger charge is -2.03. The molecule has 0 unspecified atom stereocenters. The van der Waals surface area contributed by atoms with Gasteiger partial charge in [-0.1, -0.05) is 0 Å². The Bertz CT molecular complexity index is 780. The van der Waals surface area contributed by atoms with Gasteiger partial charge >= 0.3 is 0 Å². The largest absolute Gasteiger partial charge is 0.354 e. The van der Waals surface area contributed by atoms with Crippen LogP contribution in [0.15, 0.2) is 49.1 Å². The van der Waals surface area contributed by atoms with E-state index in [-0.39, 0.29) is 0 Å². The maximum absolute atomic E-state index is 4.37. The highest BCUT2D eigenvalue weighted by molar-refractivity contribution is 5.66. The summed E-state index contributed by atoms with van der Waals surface area (Å²) < 4.78 is 4.23. The van der Waals surface area contributed by atoms with Gasteiger partial charge in [-0.15, -0.1) is 0 Å². The fraction of sp³-hybridized carbons (Fsp3) is 0.222. The van der Waals surface area contributed by atoms with E-state index in [1.54, 1.807) is 6.33 Å². The maximum atomic E-state index is 4.37. The van der Waals surface area contributed by atoms with E-state index in [4.69, 9.17) is 0 Å². The van der Waals surface area contributed by atoms with Crippen LogP contribution in [0.4, 0.5) is 0 Å². The molecule has 0 fully saturated rings. The molecule has 112 valence electrons. The molecule has 0 aliphatic heterocycles. The van der Waals surface area contributed by atoms with Crippen molar-refractivity contribution in [3.63, 3.8) is 0 Å². The van der Waals surface area contributed by atoms with Crippen molar-refractivity contribution in [3.05, 3.63) is 71.8 Å². The van der Waals surface area contributed by atoms with Gasteiger partial charge in [0.1, 0.15) is 6.33 Å². The summed E-state index contributed by atoms with van der Waals surface area (Å²) in [6, 6.07) is 10.4. The Labute approximate surface area is 130 Å². The van der Waals surface area contributed by atoms with Gasteiger partial charge in [-0.3, -0.25) is 0 Å². The van der Waals surface area contributed by atoms with Gasteiger partial charge in [0.25, 0.3) is 0 Å². The summed E-state index contributed by atoms with van der Waals surface area (Å²) in [6.45, 7) is 0. The van der Waals surface area contributed by atoms with E-state index in [2.05, 4.69) is 62.7 Å². The first-order chi connectivity index (χ1) is 10.7. The van der Waals surface area contributed by atoms with Gasteiger partial charge in [-0.2, -0.15) is 0 Å². The van der Waals surface area contributed by atoms with E-state index in [0.29, 0.717) is 0 Å². The molecule has 0 radical (unpaired) electrons. The smallest absolute Gasteiger partial charge is 0.116 e. The predicted octanol–water partition coefficient (Wildman–Crippen LogP) is 3.11. The van der Waals surface area contributed by atoms with E-state index in [0.717, 1.165) is 29.9 Å². The minimum Gasteiger partial charge on any atom is -0.354 e. The van der Waals surface area contributed by atoms with Crippen LogP contribution in [0, 0.1) is 0 Å². The van der Waals surface area contributed by atoms with Crippen LogP contribution in [-0.4, -0.2) is 19.1 Å². The molecule has 22 heavy (non-hydrogen) atoms. The van der Waals surface area contributed by atoms with Crippen LogP contribution in [-0.2, 0) is 26.9 Å². The molecule has 3 rings (SSSR count). The van der Waals surface area contributed by atoms with Crippen LogP contribution >= 0.6 is 0 Å². The molecule has 4 heteroatoms. The van der Waals surface area contributed by atoms with Crippen LogP contribution in [0.1, 0.15) is 22.8 Å². The van der Waals surface area contributed by atoms with Gasteiger partial charge in [0, 0.05) is 43.6 Å². The molecule has 0 spiro atoms. The third kappa shape index (κ3) is 3.34. The van der Waals surface area contributed by atoms with E-state index in [1.165, 1.54) is 5.69 Å². The summed E-state index contributed by atoms with van der Waals surface area (Å²) in [7, 11) is 4.11. The molecule has 0 atom stereocenters. The fourth-order valence-corrected chi connectivity index (χ4v) is 2.47. The molecule has 0 N–H and O–H groups in total. The van der Waals surface area contributed by atoms with Crippen molar-refractivity contribution in [2.45, 2.75) is 12.8 Å². The second kappa shape index (κ2) is 6.43. The van der Waals surface area contributed by atoms with E-state index >= 15 is 0 Å². The Morgan fingerprint density at radius 2 is 1.77 bits per heavy atom. The minimum atomic E-state index is 0.922. The van der Waals surface area contributed by atoms with Crippen molar-refractivity contribution >= 4 is 12.2 Å². The number of rotatable bonds is 5. The predicted molar refractivity (Wildman–Crippen MR) is 89.2 cm³/mol. The van der Waals surface area contributed by atoms with Crippen molar-refractivity contribution in [1.82, 2.24) is 19.1 Å². The van der Waals surface area contributed by atoms with Crippen LogP contribution < -0.4 is 0 Å². The lowest BCUT2D eigenvalue weighted by molar-refractivity contribution is 0.787. The first kappa shape index (κ1) is 14.3. The Morgan fingerprint density at radius 1 is 0.955 bits per heavy atom. The van der Waals surface area contributed by atoms with Crippen LogP contribution in [0.2, 0.25) is 0 Å². The van der Waals surface area contributed by atoms with E-state index in [9.17, 15) is 0 Å². The summed E-state index contributed by atoms with van der Waals surface area (Å²) in [5.74, 6) is 0. The monoisotopic (exact) mass is 292 g/mol. The molecule has 0 saturated carbocycles. The molecule has 3 aromatic heterocycles. The summed E-state index contributed by atoms with van der Waals surface area (Å²) in [5.41, 5.74) is 4.49. The molecule has 3 aromatic rings. The van der Waals surface area contributed by atoms with Gasteiger partial charge in [0.15, 0.2) is 0 Å². The molecular formula is C18H20N4. The Balaban J connectivity index is 1.69. The summed E-state index contributed by atoms with van der Waals surface area (Å²) >= 11 is 0. The van der Waals surface area contributed by atoms with Gasteiger partial charge in [0.05, 0.1) is 5.69 Å². The standard InChI is InChI=1S/C18H20N4/c1-21-11-3-5-17(21)9-7-15-13-16(20-14-19-15)8-10-18-6-4-12-22(18)2/h3-7,9,11-14H,8,10H2,1-2H3. The van der Waals surface area contributed by atoms with Gasteiger partial charge in [-0.25, -0.2) is 9.97 Å². The van der Waals surface area contributed by atoms with Gasteiger partial charge in [-0.05, 0) is 55.3 Å². The zero-order chi connectivity index (χ0) is 15.4. The Hall–Kier alpha value is -2.62. The molecular weight excluding hydrogens is 272 g/mol. The number of nitrogens with zero attached hydrogens (tertiary/aromatic N) is 4. The Kier molecular flexibility index (Phi) is 4.19. The summed E-state index contributed by atoms with van der Waals surface area (Å²) in [4.78, 5) is 8.69. The highest BCUT2D eigenvalue weighted by Crippen LogP contribution is 2.09. The minimum absolute atomic E-state index is 0.922. The molecule has 4 nitrogen and oxygen atoms in total. The van der Waals surface area contributed by atoms with Crippen LogP contribution in [0.25, 0.3) is 12.2 Å². The second-order valence-electron chi connectivity index (χ2n) is 5.42. The third-order valence-corrected chi connectivity index (χ3v) is 3.84. The summed E-state index contributed by atoms with van der Waals surface area (Å²) in [6.07, 6.45) is 11.8. The molecule has 0 amide bonds. The highest BCUT2D eigenvalue weighted by atomic mass is 14.9. The fourth-order valence-electron chi connectivity index (χ4n) is 2.47. The second-order valence-corrected chi connectivity index (χ2v) is 5.42. The number of hydrogen-bond donors (Lipinski definition) is 0. The molecule has 0 aliphatic rings. The highest BCUT2D eigenvalue weighted by Gasteiger charge is 2.01.